The highest BCUT2D eigenvalue weighted by Crippen LogP contribution is 2.20. The molecule has 0 spiro atoms. The number of aromatic nitrogens is 2. The molecule has 0 amide bonds. The fraction of sp³-hybridized carbons (Fsp3) is 0. The monoisotopic (exact) mass is 151 g/mol. The highest BCUT2D eigenvalue weighted by Gasteiger charge is 2.03. The molecule has 1 aromatic heterocycles. The minimum absolute atomic E-state index is 0.303. The van der Waals surface area contributed by atoms with Crippen LogP contribution < -0.4 is 5.73 Å². The average Bonchev–Trinajstić information content (AvgIpc) is 2.45. The SMILES string of the molecule is Nc1ccc(F)c2cn[nH]c12. The Morgan fingerprint density at radius 3 is 3.00 bits per heavy atom. The van der Waals surface area contributed by atoms with Gasteiger partial charge in [0.2, 0.25) is 0 Å². The molecule has 0 bridgehead atoms. The maximum absolute atomic E-state index is 12.9. The summed E-state index contributed by atoms with van der Waals surface area (Å²) in [7, 11) is 0. The molecule has 0 radical (unpaired) electrons. The Bertz CT molecular complexity index is 357. The van der Waals surface area contributed by atoms with Crippen molar-refractivity contribution in [2.75, 3.05) is 5.73 Å². The van der Waals surface area contributed by atoms with Gasteiger partial charge in [-0.3, -0.25) is 5.10 Å². The van der Waals surface area contributed by atoms with Gasteiger partial charge >= 0.3 is 0 Å². The van der Waals surface area contributed by atoms with Crippen LogP contribution >= 0.6 is 0 Å². The van der Waals surface area contributed by atoms with Crippen LogP contribution in [0, 0.1) is 5.82 Å². The first-order valence-corrected chi connectivity index (χ1v) is 3.16. The number of nitrogens with one attached hydrogen (secondary N) is 1. The summed E-state index contributed by atoms with van der Waals surface area (Å²) >= 11 is 0. The lowest BCUT2D eigenvalue weighted by molar-refractivity contribution is 0.640. The van der Waals surface area contributed by atoms with Gasteiger partial charge in [-0.05, 0) is 12.1 Å². The van der Waals surface area contributed by atoms with Crippen LogP contribution in [0.5, 0.6) is 0 Å². The fourth-order valence-electron chi connectivity index (χ4n) is 1.02. The topological polar surface area (TPSA) is 54.7 Å². The first-order chi connectivity index (χ1) is 5.29. The molecular weight excluding hydrogens is 145 g/mol. The molecule has 56 valence electrons. The number of benzene rings is 1. The molecule has 2 aromatic rings. The molecule has 2 rings (SSSR count). The number of nitrogen functional groups attached to an aromatic ring is 1. The van der Waals surface area contributed by atoms with Gasteiger partial charge in [-0.25, -0.2) is 4.39 Å². The van der Waals surface area contributed by atoms with Crippen molar-refractivity contribution >= 4 is 16.6 Å². The third-order valence-corrected chi connectivity index (χ3v) is 1.59. The summed E-state index contributed by atoms with van der Waals surface area (Å²) in [6, 6.07) is 2.84. The molecule has 0 aliphatic rings. The van der Waals surface area contributed by atoms with E-state index in [0.717, 1.165) is 0 Å². The van der Waals surface area contributed by atoms with E-state index >= 15 is 0 Å². The summed E-state index contributed by atoms with van der Waals surface area (Å²) in [5.74, 6) is -0.303. The summed E-state index contributed by atoms with van der Waals surface area (Å²) in [6.45, 7) is 0. The van der Waals surface area contributed by atoms with Crippen LogP contribution in [-0.4, -0.2) is 10.2 Å². The zero-order valence-corrected chi connectivity index (χ0v) is 5.63. The van der Waals surface area contributed by atoms with E-state index in [1.165, 1.54) is 18.3 Å². The van der Waals surface area contributed by atoms with E-state index in [1.54, 1.807) is 0 Å². The van der Waals surface area contributed by atoms with E-state index in [2.05, 4.69) is 10.2 Å². The highest BCUT2D eigenvalue weighted by atomic mass is 19.1. The third kappa shape index (κ3) is 0.756. The van der Waals surface area contributed by atoms with Crippen LogP contribution in [0.1, 0.15) is 0 Å². The molecular formula is C7H6FN3. The van der Waals surface area contributed by atoms with Crippen molar-refractivity contribution in [3.05, 3.63) is 24.1 Å². The van der Waals surface area contributed by atoms with Gasteiger partial charge in [0.1, 0.15) is 5.82 Å². The summed E-state index contributed by atoms with van der Waals surface area (Å²) in [5.41, 5.74) is 6.60. The van der Waals surface area contributed by atoms with Crippen molar-refractivity contribution in [2.45, 2.75) is 0 Å². The molecule has 11 heavy (non-hydrogen) atoms. The number of fused-ring (bicyclic) bond motifs is 1. The summed E-state index contributed by atoms with van der Waals surface area (Å²) < 4.78 is 12.9. The number of halogens is 1. The molecule has 0 atom stereocenters. The van der Waals surface area contributed by atoms with E-state index in [9.17, 15) is 4.39 Å². The Hall–Kier alpha value is -1.58. The van der Waals surface area contributed by atoms with E-state index in [0.29, 0.717) is 16.6 Å². The van der Waals surface area contributed by atoms with Gasteiger partial charge in [0.25, 0.3) is 0 Å². The number of hydrogen-bond donors (Lipinski definition) is 2. The predicted molar refractivity (Wildman–Crippen MR) is 40.5 cm³/mol. The lowest BCUT2D eigenvalue weighted by Crippen LogP contribution is -1.87. The van der Waals surface area contributed by atoms with Gasteiger partial charge in [0.15, 0.2) is 0 Å². The first kappa shape index (κ1) is 6.15. The second-order valence-electron chi connectivity index (χ2n) is 2.30. The normalized spacial score (nSPS) is 10.6. The van der Waals surface area contributed by atoms with Crippen LogP contribution in [0.4, 0.5) is 10.1 Å². The minimum atomic E-state index is -0.303. The zero-order chi connectivity index (χ0) is 7.84. The number of anilines is 1. The Morgan fingerprint density at radius 2 is 2.27 bits per heavy atom. The number of aromatic amines is 1. The van der Waals surface area contributed by atoms with Crippen LogP contribution in [0.25, 0.3) is 10.9 Å². The molecule has 3 nitrogen and oxygen atoms in total. The Labute approximate surface area is 62.0 Å². The lowest BCUT2D eigenvalue weighted by Gasteiger charge is -1.94. The minimum Gasteiger partial charge on any atom is -0.397 e. The smallest absolute Gasteiger partial charge is 0.134 e. The van der Waals surface area contributed by atoms with Gasteiger partial charge in [-0.2, -0.15) is 5.10 Å². The van der Waals surface area contributed by atoms with Crippen molar-refractivity contribution in [3.63, 3.8) is 0 Å². The van der Waals surface area contributed by atoms with Gasteiger partial charge in [0, 0.05) is 0 Å². The molecule has 0 aliphatic carbocycles. The lowest BCUT2D eigenvalue weighted by atomic mass is 10.2. The van der Waals surface area contributed by atoms with Crippen molar-refractivity contribution < 1.29 is 4.39 Å². The van der Waals surface area contributed by atoms with Gasteiger partial charge in [-0.15, -0.1) is 0 Å². The maximum Gasteiger partial charge on any atom is 0.134 e. The van der Waals surface area contributed by atoms with Crippen molar-refractivity contribution in [3.8, 4) is 0 Å². The summed E-state index contributed by atoms with van der Waals surface area (Å²) in [4.78, 5) is 0. The second-order valence-corrected chi connectivity index (χ2v) is 2.30. The highest BCUT2D eigenvalue weighted by molar-refractivity contribution is 5.89. The van der Waals surface area contributed by atoms with Crippen LogP contribution in [0.15, 0.2) is 18.3 Å². The van der Waals surface area contributed by atoms with Crippen LogP contribution in [0.3, 0.4) is 0 Å². The quantitative estimate of drug-likeness (QED) is 0.557. The first-order valence-electron chi connectivity index (χ1n) is 3.16. The fourth-order valence-corrected chi connectivity index (χ4v) is 1.02. The largest absolute Gasteiger partial charge is 0.397 e. The second kappa shape index (κ2) is 1.95. The maximum atomic E-state index is 12.9. The average molecular weight is 151 g/mol. The van der Waals surface area contributed by atoms with Crippen molar-refractivity contribution in [1.82, 2.24) is 10.2 Å². The molecule has 0 unspecified atom stereocenters. The van der Waals surface area contributed by atoms with Gasteiger partial charge < -0.3 is 5.73 Å². The molecule has 0 saturated heterocycles. The molecule has 0 fully saturated rings. The van der Waals surface area contributed by atoms with Crippen molar-refractivity contribution in [2.24, 2.45) is 0 Å². The van der Waals surface area contributed by atoms with E-state index in [-0.39, 0.29) is 5.82 Å². The Balaban J connectivity index is 2.96. The number of H-pyrrole nitrogens is 1. The predicted octanol–water partition coefficient (Wildman–Crippen LogP) is 1.28. The van der Waals surface area contributed by atoms with Crippen LogP contribution in [0.2, 0.25) is 0 Å². The van der Waals surface area contributed by atoms with E-state index in [1.807, 2.05) is 0 Å². The van der Waals surface area contributed by atoms with E-state index < -0.39 is 0 Å². The molecule has 0 aliphatic heterocycles. The number of hydrogen-bond acceptors (Lipinski definition) is 2. The zero-order valence-electron chi connectivity index (χ0n) is 5.63. The number of nitrogens with zero attached hydrogens (tertiary/aromatic N) is 1. The van der Waals surface area contributed by atoms with Gasteiger partial charge in [0.05, 0.1) is 22.8 Å². The summed E-state index contributed by atoms with van der Waals surface area (Å²) in [5, 5.41) is 6.73. The Kier molecular flexibility index (Phi) is 1.09. The Morgan fingerprint density at radius 1 is 1.45 bits per heavy atom. The number of nitrogens with two attached hydrogens (primary N) is 1. The molecule has 1 aromatic carbocycles. The molecule has 1 heterocycles. The molecule has 0 saturated carbocycles. The van der Waals surface area contributed by atoms with Crippen LogP contribution in [-0.2, 0) is 0 Å². The van der Waals surface area contributed by atoms with E-state index in [4.69, 9.17) is 5.73 Å². The standard InChI is InChI=1S/C7H6FN3/c8-5-1-2-6(9)7-4(5)3-10-11-7/h1-3H,9H2,(H,10,11). The summed E-state index contributed by atoms with van der Waals surface area (Å²) in [6.07, 6.45) is 1.42. The van der Waals surface area contributed by atoms with Gasteiger partial charge in [-0.1, -0.05) is 0 Å². The molecule has 3 N–H and O–H groups in total. The number of rotatable bonds is 0. The van der Waals surface area contributed by atoms with Crippen molar-refractivity contribution in [1.29, 1.82) is 0 Å². The third-order valence-electron chi connectivity index (χ3n) is 1.59. The molecule has 4 heteroatoms.